The van der Waals surface area contributed by atoms with E-state index < -0.39 is 15.9 Å². The summed E-state index contributed by atoms with van der Waals surface area (Å²) < 4.78 is 34.3. The summed E-state index contributed by atoms with van der Waals surface area (Å²) in [6.45, 7) is 5.80. The lowest BCUT2D eigenvalue weighted by atomic mass is 10.1. The molecule has 0 aliphatic heterocycles. The van der Waals surface area contributed by atoms with Gasteiger partial charge in [0.05, 0.1) is 5.69 Å². The van der Waals surface area contributed by atoms with Crippen molar-refractivity contribution in [3.63, 3.8) is 0 Å². The van der Waals surface area contributed by atoms with Crippen LogP contribution in [0.3, 0.4) is 0 Å². The lowest BCUT2D eigenvalue weighted by molar-refractivity contribution is 0.0978. The van der Waals surface area contributed by atoms with Crippen LogP contribution in [-0.2, 0) is 10.0 Å². The number of nitrogens with one attached hydrogen (secondary N) is 1. The first-order valence-corrected chi connectivity index (χ1v) is 13.1. The molecule has 0 fully saturated rings. The van der Waals surface area contributed by atoms with E-state index >= 15 is 0 Å². The summed E-state index contributed by atoms with van der Waals surface area (Å²) in [6.07, 6.45) is 0. The maximum absolute atomic E-state index is 13.3. The normalized spacial score (nSPS) is 11.2. The molecule has 0 unspecified atom stereocenters. The van der Waals surface area contributed by atoms with Crippen LogP contribution in [0.1, 0.15) is 28.5 Å². The quantitative estimate of drug-likeness (QED) is 0.355. The highest BCUT2D eigenvalue weighted by molar-refractivity contribution is 7.90. The van der Waals surface area contributed by atoms with Crippen molar-refractivity contribution in [2.45, 2.75) is 25.8 Å². The predicted octanol–water partition coefficient (Wildman–Crippen LogP) is 5.29. The van der Waals surface area contributed by atoms with Gasteiger partial charge in [-0.15, -0.1) is 0 Å². The molecule has 37 heavy (non-hydrogen) atoms. The number of pyridine rings is 2. The fourth-order valence-corrected chi connectivity index (χ4v) is 4.85. The zero-order valence-corrected chi connectivity index (χ0v) is 22.1. The lowest BCUT2D eigenvalue weighted by Gasteiger charge is -2.16. The molecule has 0 saturated carbocycles. The summed E-state index contributed by atoms with van der Waals surface area (Å²) in [7, 11) is -0.766. The number of hydrogen-bond donors (Lipinski definition) is 1. The maximum atomic E-state index is 13.3. The number of sulfonamides is 1. The Kier molecular flexibility index (Phi) is 7.26. The first kappa shape index (κ1) is 25.8. The smallest absolute Gasteiger partial charge is 0.281 e. The highest BCUT2D eigenvalue weighted by Gasteiger charge is 2.25. The van der Waals surface area contributed by atoms with Crippen molar-refractivity contribution in [3.8, 4) is 22.9 Å². The molecule has 0 bridgehead atoms. The molecule has 0 aliphatic carbocycles. The van der Waals surface area contributed by atoms with Crippen LogP contribution < -0.4 is 14.4 Å². The Hall–Kier alpha value is -4.24. The minimum absolute atomic E-state index is 0. The molecule has 1 amide bonds. The van der Waals surface area contributed by atoms with Gasteiger partial charge in [-0.3, -0.25) is 4.79 Å². The Balaban J connectivity index is 0.00000400. The summed E-state index contributed by atoms with van der Waals surface area (Å²) in [5, 5.41) is -0.270. The molecule has 192 valence electrons. The summed E-state index contributed by atoms with van der Waals surface area (Å²) >= 11 is 0. The van der Waals surface area contributed by atoms with Crippen LogP contribution in [0.2, 0.25) is 0 Å². The van der Waals surface area contributed by atoms with Gasteiger partial charge in [-0.25, -0.2) is 14.7 Å². The predicted molar refractivity (Wildman–Crippen MR) is 146 cm³/mol. The molecule has 8 nitrogen and oxygen atoms in total. The molecule has 0 atom stereocenters. The number of nitrogens with zero attached hydrogens (tertiary/aromatic N) is 3. The lowest BCUT2D eigenvalue weighted by Crippen LogP contribution is -2.32. The SMILES string of the molecule is Cc1cc(C)c(Oc2nc(-c3ccccc3)ccc2C(=O)NS(=O)(=O)c2cccc(N(C)C)n2)c(C)c1.[HH]. The Morgan fingerprint density at radius 2 is 1.57 bits per heavy atom. The number of aryl methyl sites for hydroxylation is 3. The molecule has 1 N–H and O–H groups in total. The van der Waals surface area contributed by atoms with Crippen LogP contribution in [0.4, 0.5) is 5.82 Å². The first-order valence-electron chi connectivity index (χ1n) is 11.6. The summed E-state index contributed by atoms with van der Waals surface area (Å²) in [5.41, 5.74) is 4.20. The zero-order valence-electron chi connectivity index (χ0n) is 21.3. The number of amides is 1. The molecule has 2 heterocycles. The van der Waals surface area contributed by atoms with Crippen molar-refractivity contribution in [1.29, 1.82) is 0 Å². The third-order valence-corrected chi connectivity index (χ3v) is 6.88. The monoisotopic (exact) mass is 518 g/mol. The molecule has 4 rings (SSSR count). The molecular weight excluding hydrogens is 488 g/mol. The Labute approximate surface area is 218 Å². The molecule has 0 saturated heterocycles. The van der Waals surface area contributed by atoms with E-state index in [0.717, 1.165) is 22.3 Å². The topological polar surface area (TPSA) is 101 Å². The second-order valence-corrected chi connectivity index (χ2v) is 10.5. The average molecular weight is 519 g/mol. The van der Waals surface area contributed by atoms with Gasteiger partial charge in [0.2, 0.25) is 5.88 Å². The van der Waals surface area contributed by atoms with Gasteiger partial charge in [0, 0.05) is 21.1 Å². The van der Waals surface area contributed by atoms with Gasteiger partial charge >= 0.3 is 0 Å². The number of anilines is 1. The molecule has 9 heteroatoms. The summed E-state index contributed by atoms with van der Waals surface area (Å²) in [6, 6.07) is 21.1. The Morgan fingerprint density at radius 1 is 0.892 bits per heavy atom. The standard InChI is InChI=1S/C28H28N4O4S.H2/c1-18-16-19(2)26(20(3)17-18)36-28-22(14-15-23(29-28)21-10-7-6-8-11-21)27(33)31-37(34,35)25-13-9-12-24(30-25)32(4)5;/h6-17H,1-5H3,(H,31,33);1H. The van der Waals surface area contributed by atoms with Gasteiger partial charge < -0.3 is 9.64 Å². The molecule has 2 aromatic carbocycles. The highest BCUT2D eigenvalue weighted by atomic mass is 32.2. The van der Waals surface area contributed by atoms with E-state index in [1.165, 1.54) is 12.1 Å². The Bertz CT molecular complexity index is 1550. The van der Waals surface area contributed by atoms with Gasteiger partial charge in [0.1, 0.15) is 17.1 Å². The van der Waals surface area contributed by atoms with Gasteiger partial charge in [0.25, 0.3) is 15.9 Å². The number of benzene rings is 2. The van der Waals surface area contributed by atoms with E-state index in [0.29, 0.717) is 17.3 Å². The fraction of sp³-hybridized carbons (Fsp3) is 0.179. The number of rotatable bonds is 7. The fourth-order valence-electron chi connectivity index (χ4n) is 3.92. The number of carbonyl (C=O) groups is 1. The highest BCUT2D eigenvalue weighted by Crippen LogP contribution is 2.32. The number of ether oxygens (including phenoxy) is 1. The third-order valence-electron chi connectivity index (χ3n) is 5.65. The average Bonchev–Trinajstić information content (AvgIpc) is 2.86. The zero-order chi connectivity index (χ0) is 26.7. The molecule has 0 aliphatic rings. The van der Waals surface area contributed by atoms with Crippen molar-refractivity contribution in [1.82, 2.24) is 14.7 Å². The van der Waals surface area contributed by atoms with Gasteiger partial charge in [-0.05, 0) is 56.2 Å². The Morgan fingerprint density at radius 3 is 2.22 bits per heavy atom. The minimum atomic E-state index is -4.26. The molecule has 4 aromatic rings. The van der Waals surface area contributed by atoms with E-state index in [1.807, 2.05) is 63.2 Å². The second-order valence-electron chi connectivity index (χ2n) is 8.91. The van der Waals surface area contributed by atoms with E-state index in [-0.39, 0.29) is 17.9 Å². The van der Waals surface area contributed by atoms with Crippen LogP contribution >= 0.6 is 0 Å². The summed E-state index contributed by atoms with van der Waals surface area (Å²) in [4.78, 5) is 23.7. The number of carbonyl (C=O) groups excluding carboxylic acids is 1. The van der Waals surface area contributed by atoms with E-state index in [4.69, 9.17) is 4.74 Å². The number of aromatic nitrogens is 2. The van der Waals surface area contributed by atoms with Crippen LogP contribution in [0.25, 0.3) is 11.3 Å². The maximum Gasteiger partial charge on any atom is 0.281 e. The van der Waals surface area contributed by atoms with Gasteiger partial charge in [-0.2, -0.15) is 8.42 Å². The number of hydrogen-bond acceptors (Lipinski definition) is 7. The second kappa shape index (κ2) is 10.4. The summed E-state index contributed by atoms with van der Waals surface area (Å²) in [5.74, 6) is 0.125. The molecular formula is C28H30N4O4S. The van der Waals surface area contributed by atoms with Crippen LogP contribution in [0.5, 0.6) is 11.6 Å². The minimum Gasteiger partial charge on any atom is -0.438 e. The first-order chi connectivity index (χ1) is 17.5. The van der Waals surface area contributed by atoms with E-state index in [1.54, 1.807) is 37.2 Å². The van der Waals surface area contributed by atoms with Gasteiger partial charge in [-0.1, -0.05) is 54.1 Å². The van der Waals surface area contributed by atoms with Gasteiger partial charge in [0.15, 0.2) is 5.03 Å². The molecule has 2 aromatic heterocycles. The molecule has 0 radical (unpaired) electrons. The van der Waals surface area contributed by atoms with Crippen LogP contribution in [0.15, 0.2) is 77.8 Å². The van der Waals surface area contributed by atoms with Crippen molar-refractivity contribution in [2.75, 3.05) is 19.0 Å². The van der Waals surface area contributed by atoms with Crippen molar-refractivity contribution >= 4 is 21.7 Å². The van der Waals surface area contributed by atoms with Crippen LogP contribution in [0, 0.1) is 20.8 Å². The van der Waals surface area contributed by atoms with E-state index in [9.17, 15) is 13.2 Å². The van der Waals surface area contributed by atoms with Crippen LogP contribution in [-0.4, -0.2) is 38.4 Å². The van der Waals surface area contributed by atoms with E-state index in [2.05, 4.69) is 14.7 Å². The largest absolute Gasteiger partial charge is 0.438 e. The van der Waals surface area contributed by atoms with Crippen molar-refractivity contribution < 1.29 is 19.4 Å². The molecule has 0 spiro atoms. The third kappa shape index (κ3) is 5.78. The van der Waals surface area contributed by atoms with Crippen molar-refractivity contribution in [3.05, 3.63) is 95.1 Å². The van der Waals surface area contributed by atoms with Crippen molar-refractivity contribution in [2.24, 2.45) is 0 Å².